The van der Waals surface area contributed by atoms with Crippen LogP contribution >= 0.6 is 0 Å². The predicted molar refractivity (Wildman–Crippen MR) is 93.9 cm³/mol. The molecule has 1 atom stereocenters. The molecule has 0 aliphatic rings. The van der Waals surface area contributed by atoms with Gasteiger partial charge in [0.1, 0.15) is 5.75 Å². The molecule has 0 heterocycles. The van der Waals surface area contributed by atoms with Gasteiger partial charge in [0.15, 0.2) is 6.10 Å². The Labute approximate surface area is 151 Å². The average molecular weight is 365 g/mol. The summed E-state index contributed by atoms with van der Waals surface area (Å²) in [5.74, 6) is 0.483. The fourth-order valence-corrected chi connectivity index (χ4v) is 2.50. The summed E-state index contributed by atoms with van der Waals surface area (Å²) in [4.78, 5) is 12.2. The molecular weight excluding hydrogens is 343 g/mol. The van der Waals surface area contributed by atoms with Gasteiger partial charge in [-0.2, -0.15) is 13.2 Å². The highest BCUT2D eigenvalue weighted by molar-refractivity contribution is 5.80. The number of halogens is 3. The van der Waals surface area contributed by atoms with Crippen molar-refractivity contribution in [1.29, 1.82) is 0 Å². The van der Waals surface area contributed by atoms with Crippen molar-refractivity contribution in [3.05, 3.63) is 65.2 Å². The summed E-state index contributed by atoms with van der Waals surface area (Å²) in [7, 11) is 0. The lowest BCUT2D eigenvalue weighted by molar-refractivity contribution is -0.137. The van der Waals surface area contributed by atoms with Gasteiger partial charge in [-0.1, -0.05) is 44.2 Å². The van der Waals surface area contributed by atoms with Crippen LogP contribution in [0.2, 0.25) is 0 Å². The number of hydrogen-bond acceptors (Lipinski definition) is 2. The molecule has 0 radical (unpaired) electrons. The predicted octanol–water partition coefficient (Wildman–Crippen LogP) is 4.91. The Bertz CT molecular complexity index is 757. The minimum atomic E-state index is -4.41. The van der Waals surface area contributed by atoms with Gasteiger partial charge in [0.2, 0.25) is 0 Å². The monoisotopic (exact) mass is 365 g/mol. The highest BCUT2D eigenvalue weighted by Gasteiger charge is 2.30. The van der Waals surface area contributed by atoms with E-state index in [2.05, 4.69) is 5.32 Å². The van der Waals surface area contributed by atoms with E-state index in [4.69, 9.17) is 4.74 Å². The number of amides is 1. The maximum atomic E-state index is 12.7. The summed E-state index contributed by atoms with van der Waals surface area (Å²) in [5, 5.41) is 2.62. The van der Waals surface area contributed by atoms with Crippen molar-refractivity contribution < 1.29 is 22.7 Å². The maximum Gasteiger partial charge on any atom is 0.416 e. The highest BCUT2D eigenvalue weighted by atomic mass is 19.4. The minimum Gasteiger partial charge on any atom is -0.481 e. The lowest BCUT2D eigenvalue weighted by Gasteiger charge is -2.19. The van der Waals surface area contributed by atoms with Gasteiger partial charge in [0.25, 0.3) is 5.91 Å². The van der Waals surface area contributed by atoms with Crippen LogP contribution in [0.3, 0.4) is 0 Å². The Kier molecular flexibility index (Phi) is 6.29. The van der Waals surface area contributed by atoms with Crippen LogP contribution in [0.4, 0.5) is 13.2 Å². The summed E-state index contributed by atoms with van der Waals surface area (Å²) in [5.41, 5.74) is 0.632. The molecule has 1 unspecified atom stereocenters. The second-order valence-electron chi connectivity index (χ2n) is 6.37. The molecule has 6 heteroatoms. The molecule has 2 rings (SSSR count). The second-order valence-corrected chi connectivity index (χ2v) is 6.37. The summed E-state index contributed by atoms with van der Waals surface area (Å²) >= 11 is 0. The van der Waals surface area contributed by atoms with E-state index in [9.17, 15) is 18.0 Å². The van der Waals surface area contributed by atoms with Crippen LogP contribution in [0.1, 0.15) is 43.4 Å². The lowest BCUT2D eigenvalue weighted by Crippen LogP contribution is -2.36. The molecule has 1 amide bonds. The topological polar surface area (TPSA) is 38.3 Å². The Morgan fingerprint density at radius 1 is 1.08 bits per heavy atom. The molecule has 0 bridgehead atoms. The van der Waals surface area contributed by atoms with Crippen molar-refractivity contribution in [2.45, 2.75) is 45.5 Å². The third-order valence-corrected chi connectivity index (χ3v) is 3.94. The first-order valence-electron chi connectivity index (χ1n) is 8.38. The Hall–Kier alpha value is -2.50. The fourth-order valence-electron chi connectivity index (χ4n) is 2.50. The molecular formula is C20H22F3NO2. The summed E-state index contributed by atoms with van der Waals surface area (Å²) < 4.78 is 43.9. The molecule has 0 fully saturated rings. The molecule has 0 spiro atoms. The fraction of sp³-hybridized carbons (Fsp3) is 0.350. The minimum absolute atomic E-state index is 0.00226. The van der Waals surface area contributed by atoms with Gasteiger partial charge >= 0.3 is 6.18 Å². The Morgan fingerprint density at radius 3 is 2.42 bits per heavy atom. The zero-order chi connectivity index (χ0) is 19.3. The number of nitrogens with one attached hydrogen (secondary N) is 1. The first-order chi connectivity index (χ1) is 12.2. The molecule has 0 aromatic heterocycles. The molecule has 1 N–H and O–H groups in total. The van der Waals surface area contributed by atoms with Crippen LogP contribution in [0.25, 0.3) is 0 Å². The highest BCUT2D eigenvalue weighted by Crippen LogP contribution is 2.29. The molecule has 0 aliphatic heterocycles. The Morgan fingerprint density at radius 2 is 1.77 bits per heavy atom. The standard InChI is InChI=1S/C20H22F3NO2/c1-13(2)17-9-4-5-10-18(17)26-14(3)19(25)24-12-15-7-6-8-16(11-15)20(21,22)23/h4-11,13-14H,12H2,1-3H3,(H,24,25). The third-order valence-electron chi connectivity index (χ3n) is 3.94. The number of hydrogen-bond donors (Lipinski definition) is 1. The molecule has 2 aromatic rings. The van der Waals surface area contributed by atoms with E-state index >= 15 is 0 Å². The van der Waals surface area contributed by atoms with Crippen LogP contribution in [0, 0.1) is 0 Å². The van der Waals surface area contributed by atoms with Crippen molar-refractivity contribution in [2.24, 2.45) is 0 Å². The number of carbonyl (C=O) groups is 1. The first kappa shape index (κ1) is 19.8. The van der Waals surface area contributed by atoms with E-state index in [0.29, 0.717) is 11.3 Å². The van der Waals surface area contributed by atoms with Gasteiger partial charge in [-0.3, -0.25) is 4.79 Å². The van der Waals surface area contributed by atoms with E-state index in [1.807, 2.05) is 32.0 Å². The number of ether oxygens (including phenoxy) is 1. The Balaban J connectivity index is 1.98. The van der Waals surface area contributed by atoms with Gasteiger partial charge < -0.3 is 10.1 Å². The largest absolute Gasteiger partial charge is 0.481 e. The number of carbonyl (C=O) groups excluding carboxylic acids is 1. The first-order valence-corrected chi connectivity index (χ1v) is 8.38. The van der Waals surface area contributed by atoms with E-state index in [0.717, 1.165) is 17.7 Å². The van der Waals surface area contributed by atoms with E-state index in [1.54, 1.807) is 13.0 Å². The van der Waals surface area contributed by atoms with E-state index in [1.165, 1.54) is 12.1 Å². The molecule has 0 saturated heterocycles. The van der Waals surface area contributed by atoms with Crippen LogP contribution in [-0.2, 0) is 17.5 Å². The second kappa shape index (κ2) is 8.25. The zero-order valence-electron chi connectivity index (χ0n) is 14.9. The van der Waals surface area contributed by atoms with Crippen molar-refractivity contribution in [3.8, 4) is 5.75 Å². The number of benzene rings is 2. The maximum absolute atomic E-state index is 12.7. The van der Waals surface area contributed by atoms with Gasteiger partial charge in [0, 0.05) is 6.54 Å². The molecule has 3 nitrogen and oxygen atoms in total. The van der Waals surface area contributed by atoms with Crippen molar-refractivity contribution in [3.63, 3.8) is 0 Å². The summed E-state index contributed by atoms with van der Waals surface area (Å²) in [6, 6.07) is 12.4. The number of rotatable bonds is 6. The van der Waals surface area contributed by atoms with E-state index in [-0.39, 0.29) is 18.4 Å². The molecule has 0 saturated carbocycles. The van der Waals surface area contributed by atoms with Crippen LogP contribution < -0.4 is 10.1 Å². The number of para-hydroxylation sites is 1. The summed E-state index contributed by atoms with van der Waals surface area (Å²) in [6.07, 6.45) is -5.17. The van der Waals surface area contributed by atoms with Crippen molar-refractivity contribution >= 4 is 5.91 Å². The molecule has 2 aromatic carbocycles. The van der Waals surface area contributed by atoms with Crippen LogP contribution in [-0.4, -0.2) is 12.0 Å². The zero-order valence-corrected chi connectivity index (χ0v) is 14.9. The van der Waals surface area contributed by atoms with Crippen LogP contribution in [0.15, 0.2) is 48.5 Å². The van der Waals surface area contributed by atoms with Gasteiger partial charge in [-0.25, -0.2) is 0 Å². The average Bonchev–Trinajstić information content (AvgIpc) is 2.59. The molecule has 0 aliphatic carbocycles. The molecule has 140 valence electrons. The summed E-state index contributed by atoms with van der Waals surface area (Å²) in [6.45, 7) is 5.67. The smallest absolute Gasteiger partial charge is 0.416 e. The number of alkyl halides is 3. The van der Waals surface area contributed by atoms with Crippen molar-refractivity contribution in [2.75, 3.05) is 0 Å². The van der Waals surface area contributed by atoms with Gasteiger partial charge in [-0.05, 0) is 42.2 Å². The van der Waals surface area contributed by atoms with Crippen molar-refractivity contribution in [1.82, 2.24) is 5.32 Å². The normalized spacial score (nSPS) is 12.7. The van der Waals surface area contributed by atoms with E-state index < -0.39 is 17.8 Å². The quantitative estimate of drug-likeness (QED) is 0.790. The van der Waals surface area contributed by atoms with Gasteiger partial charge in [-0.15, -0.1) is 0 Å². The SMILES string of the molecule is CC(Oc1ccccc1C(C)C)C(=O)NCc1cccc(C(F)(F)F)c1. The van der Waals surface area contributed by atoms with Crippen LogP contribution in [0.5, 0.6) is 5.75 Å². The molecule has 26 heavy (non-hydrogen) atoms. The third kappa shape index (κ3) is 5.25. The van der Waals surface area contributed by atoms with Gasteiger partial charge in [0.05, 0.1) is 5.56 Å². The lowest BCUT2D eigenvalue weighted by atomic mass is 10.0.